The highest BCUT2D eigenvalue weighted by Crippen LogP contribution is 2.26. The van der Waals surface area contributed by atoms with E-state index in [9.17, 15) is 4.79 Å². The number of nitrogens with zero attached hydrogens (tertiary/aromatic N) is 6. The monoisotopic (exact) mass is 338 g/mol. The van der Waals surface area contributed by atoms with Crippen LogP contribution in [-0.2, 0) is 11.3 Å². The van der Waals surface area contributed by atoms with Crippen LogP contribution in [0, 0.1) is 6.92 Å². The Morgan fingerprint density at radius 2 is 2.20 bits per heavy atom. The Kier molecular flexibility index (Phi) is 4.21. The van der Waals surface area contributed by atoms with Crippen molar-refractivity contribution in [3.8, 4) is 0 Å². The van der Waals surface area contributed by atoms with Gasteiger partial charge in [-0.15, -0.1) is 10.2 Å². The second kappa shape index (κ2) is 6.66. The molecule has 1 fully saturated rings. The average Bonchev–Trinajstić information content (AvgIpc) is 3.26. The molecule has 0 N–H and O–H groups in total. The van der Waals surface area contributed by atoms with Crippen LogP contribution < -0.4 is 0 Å². The van der Waals surface area contributed by atoms with E-state index in [-0.39, 0.29) is 11.8 Å². The highest BCUT2D eigenvalue weighted by Gasteiger charge is 2.27. The molecule has 0 saturated carbocycles. The smallest absolute Gasteiger partial charge is 0.224 e. The Morgan fingerprint density at radius 3 is 3.04 bits per heavy atom. The molecule has 4 heterocycles. The molecule has 7 nitrogen and oxygen atoms in total. The van der Waals surface area contributed by atoms with Crippen LogP contribution in [0.3, 0.4) is 0 Å². The van der Waals surface area contributed by atoms with Gasteiger partial charge in [0.1, 0.15) is 5.82 Å². The summed E-state index contributed by atoms with van der Waals surface area (Å²) in [6, 6.07) is 7.85. The van der Waals surface area contributed by atoms with Gasteiger partial charge in [0.05, 0.1) is 0 Å². The normalized spacial score (nSPS) is 18.0. The molecule has 1 aliphatic heterocycles. The van der Waals surface area contributed by atoms with Crippen molar-refractivity contribution in [3.05, 3.63) is 48.2 Å². The number of rotatable bonds is 4. The number of carbonyl (C=O) groups is 1. The maximum Gasteiger partial charge on any atom is 0.224 e. The van der Waals surface area contributed by atoms with Crippen molar-refractivity contribution in [1.82, 2.24) is 29.3 Å². The van der Waals surface area contributed by atoms with Crippen LogP contribution in [0.2, 0.25) is 0 Å². The SMILES string of the molecule is Cc1ccnn1CCC(=O)N1CCC[C@@H](c2nnc3ccccn23)C1. The lowest BCUT2D eigenvalue weighted by Crippen LogP contribution is -2.40. The van der Waals surface area contributed by atoms with E-state index in [0.717, 1.165) is 36.6 Å². The summed E-state index contributed by atoms with van der Waals surface area (Å²) in [7, 11) is 0. The summed E-state index contributed by atoms with van der Waals surface area (Å²) in [6.07, 6.45) is 6.28. The van der Waals surface area contributed by atoms with Crippen molar-refractivity contribution in [1.29, 1.82) is 0 Å². The van der Waals surface area contributed by atoms with E-state index in [1.165, 1.54) is 0 Å². The highest BCUT2D eigenvalue weighted by atomic mass is 16.2. The molecule has 3 aromatic heterocycles. The summed E-state index contributed by atoms with van der Waals surface area (Å²) < 4.78 is 3.91. The van der Waals surface area contributed by atoms with Gasteiger partial charge in [-0.3, -0.25) is 13.9 Å². The number of aryl methyl sites for hydroxylation is 2. The van der Waals surface area contributed by atoms with Gasteiger partial charge in [-0.05, 0) is 38.0 Å². The van der Waals surface area contributed by atoms with Crippen molar-refractivity contribution >= 4 is 11.6 Å². The van der Waals surface area contributed by atoms with Crippen LogP contribution in [-0.4, -0.2) is 48.3 Å². The minimum absolute atomic E-state index is 0.188. The number of hydrogen-bond donors (Lipinski definition) is 0. The molecule has 130 valence electrons. The lowest BCUT2D eigenvalue weighted by Gasteiger charge is -2.32. The van der Waals surface area contributed by atoms with Gasteiger partial charge in [0.25, 0.3) is 0 Å². The van der Waals surface area contributed by atoms with Crippen molar-refractivity contribution in [2.24, 2.45) is 0 Å². The highest BCUT2D eigenvalue weighted by molar-refractivity contribution is 5.76. The summed E-state index contributed by atoms with van der Waals surface area (Å²) in [5.41, 5.74) is 1.94. The molecule has 0 aliphatic carbocycles. The predicted octanol–water partition coefficient (Wildman–Crippen LogP) is 2.03. The molecule has 0 bridgehead atoms. The van der Waals surface area contributed by atoms with Gasteiger partial charge < -0.3 is 4.90 Å². The largest absolute Gasteiger partial charge is 0.342 e. The van der Waals surface area contributed by atoms with Crippen LogP contribution in [0.15, 0.2) is 36.7 Å². The van der Waals surface area contributed by atoms with Gasteiger partial charge in [0, 0.05) is 50.1 Å². The van der Waals surface area contributed by atoms with Crippen LogP contribution >= 0.6 is 0 Å². The van der Waals surface area contributed by atoms with E-state index in [1.54, 1.807) is 6.20 Å². The molecule has 25 heavy (non-hydrogen) atoms. The van der Waals surface area contributed by atoms with E-state index in [1.807, 2.05) is 51.4 Å². The number of piperidine rings is 1. The quantitative estimate of drug-likeness (QED) is 0.730. The summed E-state index contributed by atoms with van der Waals surface area (Å²) in [5, 5.41) is 12.9. The third kappa shape index (κ3) is 3.14. The first-order chi connectivity index (χ1) is 12.2. The first-order valence-corrected chi connectivity index (χ1v) is 8.78. The lowest BCUT2D eigenvalue weighted by molar-refractivity contribution is -0.132. The van der Waals surface area contributed by atoms with E-state index < -0.39 is 0 Å². The molecule has 7 heteroatoms. The fourth-order valence-electron chi connectivity index (χ4n) is 3.55. The van der Waals surface area contributed by atoms with E-state index in [2.05, 4.69) is 15.3 Å². The van der Waals surface area contributed by atoms with Gasteiger partial charge in [0.15, 0.2) is 5.65 Å². The Morgan fingerprint density at radius 1 is 1.28 bits per heavy atom. The number of carbonyl (C=O) groups excluding carboxylic acids is 1. The molecule has 4 rings (SSSR count). The van der Waals surface area contributed by atoms with Gasteiger partial charge in [-0.25, -0.2) is 0 Å². The van der Waals surface area contributed by atoms with Crippen molar-refractivity contribution in [3.63, 3.8) is 0 Å². The van der Waals surface area contributed by atoms with Gasteiger partial charge >= 0.3 is 0 Å². The molecule has 1 aliphatic rings. The predicted molar refractivity (Wildman–Crippen MR) is 93.1 cm³/mol. The summed E-state index contributed by atoms with van der Waals surface area (Å²) >= 11 is 0. The van der Waals surface area contributed by atoms with Gasteiger partial charge in [-0.2, -0.15) is 5.10 Å². The molecule has 3 aromatic rings. The van der Waals surface area contributed by atoms with Crippen molar-refractivity contribution in [2.45, 2.75) is 38.6 Å². The Bertz CT molecular complexity index is 882. The third-order valence-electron chi connectivity index (χ3n) is 4.95. The molecular formula is C18H22N6O. The summed E-state index contributed by atoms with van der Waals surface area (Å²) in [5.74, 6) is 1.38. The van der Waals surface area contributed by atoms with Gasteiger partial charge in [0.2, 0.25) is 5.91 Å². The Balaban J connectivity index is 1.44. The fourth-order valence-corrected chi connectivity index (χ4v) is 3.55. The third-order valence-corrected chi connectivity index (χ3v) is 4.95. The molecular weight excluding hydrogens is 316 g/mol. The zero-order chi connectivity index (χ0) is 17.2. The van der Waals surface area contributed by atoms with Gasteiger partial charge in [-0.1, -0.05) is 6.07 Å². The number of hydrogen-bond acceptors (Lipinski definition) is 4. The van der Waals surface area contributed by atoms with Crippen molar-refractivity contribution in [2.75, 3.05) is 13.1 Å². The van der Waals surface area contributed by atoms with Crippen LogP contribution in [0.4, 0.5) is 0 Å². The molecule has 1 amide bonds. The molecule has 0 unspecified atom stereocenters. The van der Waals surface area contributed by atoms with E-state index >= 15 is 0 Å². The van der Waals surface area contributed by atoms with Crippen LogP contribution in [0.25, 0.3) is 5.65 Å². The molecule has 0 aromatic carbocycles. The average molecular weight is 338 g/mol. The van der Waals surface area contributed by atoms with Crippen LogP contribution in [0.1, 0.15) is 36.7 Å². The summed E-state index contributed by atoms with van der Waals surface area (Å²) in [6.45, 7) is 4.17. The fraction of sp³-hybridized carbons (Fsp3) is 0.444. The second-order valence-corrected chi connectivity index (χ2v) is 6.61. The molecule has 1 atom stereocenters. The zero-order valence-corrected chi connectivity index (χ0v) is 14.4. The maximum atomic E-state index is 12.6. The molecule has 1 saturated heterocycles. The standard InChI is InChI=1S/C18H22N6O/c1-14-7-9-19-24(14)12-8-17(25)22-10-4-5-15(13-22)18-21-20-16-6-2-3-11-23(16)18/h2-3,6-7,9,11,15H,4-5,8,10,12-13H2,1H3/t15-/m1/s1. The first kappa shape index (κ1) is 15.8. The molecule has 0 spiro atoms. The minimum Gasteiger partial charge on any atom is -0.342 e. The molecule has 0 radical (unpaired) electrons. The van der Waals surface area contributed by atoms with E-state index in [0.29, 0.717) is 19.5 Å². The zero-order valence-electron chi connectivity index (χ0n) is 14.4. The van der Waals surface area contributed by atoms with Crippen molar-refractivity contribution < 1.29 is 4.79 Å². The number of aromatic nitrogens is 5. The minimum atomic E-state index is 0.188. The lowest BCUT2D eigenvalue weighted by atomic mass is 9.97. The Labute approximate surface area is 146 Å². The van der Waals surface area contributed by atoms with Crippen LogP contribution in [0.5, 0.6) is 0 Å². The van der Waals surface area contributed by atoms with E-state index in [4.69, 9.17) is 0 Å². The Hall–Kier alpha value is -2.70. The number of likely N-dealkylation sites (tertiary alicyclic amines) is 1. The number of amides is 1. The first-order valence-electron chi connectivity index (χ1n) is 8.78. The topological polar surface area (TPSA) is 68.3 Å². The number of fused-ring (bicyclic) bond motifs is 1. The maximum absolute atomic E-state index is 12.6. The second-order valence-electron chi connectivity index (χ2n) is 6.61. The summed E-state index contributed by atoms with van der Waals surface area (Å²) in [4.78, 5) is 14.6. The number of pyridine rings is 1.